The van der Waals surface area contributed by atoms with E-state index in [9.17, 15) is 4.79 Å². The molecule has 0 bridgehead atoms. The summed E-state index contributed by atoms with van der Waals surface area (Å²) in [5, 5.41) is 14.5. The highest BCUT2D eigenvalue weighted by Gasteiger charge is 2.18. The Balaban J connectivity index is 2.20. The average Bonchev–Trinajstić information content (AvgIpc) is 2.96. The Hall–Kier alpha value is -2.08. The normalized spacial score (nSPS) is 10.7. The topological polar surface area (TPSA) is 68.0 Å². The maximum atomic E-state index is 11.2. The fourth-order valence-corrected chi connectivity index (χ4v) is 2.40. The Bertz CT molecular complexity index is 891. The van der Waals surface area contributed by atoms with Crippen molar-refractivity contribution >= 4 is 40.8 Å². The summed E-state index contributed by atoms with van der Waals surface area (Å²) < 4.78 is 1.40. The average molecular weight is 369 g/mol. The zero-order chi connectivity index (χ0) is 16.6. The Morgan fingerprint density at radius 2 is 1.70 bits per heavy atom. The lowest BCUT2D eigenvalue weighted by Crippen LogP contribution is -2.02. The molecule has 8 heteroatoms. The van der Waals surface area contributed by atoms with Crippen molar-refractivity contribution < 1.29 is 9.90 Å². The van der Waals surface area contributed by atoms with Crippen molar-refractivity contribution in [2.45, 2.75) is 0 Å². The first-order chi connectivity index (χ1) is 11.0. The summed E-state index contributed by atoms with van der Waals surface area (Å²) >= 11 is 17.8. The first-order valence-corrected chi connectivity index (χ1v) is 7.51. The molecule has 0 fully saturated rings. The van der Waals surface area contributed by atoms with Crippen LogP contribution in [-0.2, 0) is 0 Å². The van der Waals surface area contributed by atoms with E-state index in [0.29, 0.717) is 32.1 Å². The smallest absolute Gasteiger partial charge is 0.375 e. The molecule has 23 heavy (non-hydrogen) atoms. The number of hydrogen-bond donors (Lipinski definition) is 1. The van der Waals surface area contributed by atoms with Gasteiger partial charge in [-0.1, -0.05) is 34.8 Å². The highest BCUT2D eigenvalue weighted by atomic mass is 35.5. The lowest BCUT2D eigenvalue weighted by molar-refractivity contribution is 0.0683. The third-order valence-electron chi connectivity index (χ3n) is 3.05. The number of carboxylic acids is 1. The van der Waals surface area contributed by atoms with Crippen LogP contribution in [0.5, 0.6) is 0 Å². The number of nitrogens with zero attached hydrogens (tertiary/aromatic N) is 3. The monoisotopic (exact) mass is 367 g/mol. The SMILES string of the molecule is O=C(O)c1nc(-c2ccc(Cl)cc2)n(-c2ccc(Cl)c(Cl)c2)n1. The molecule has 0 spiro atoms. The highest BCUT2D eigenvalue weighted by Crippen LogP contribution is 2.27. The summed E-state index contributed by atoms with van der Waals surface area (Å²) in [6.45, 7) is 0. The molecule has 1 heterocycles. The van der Waals surface area contributed by atoms with E-state index in [4.69, 9.17) is 39.9 Å². The largest absolute Gasteiger partial charge is 0.475 e. The van der Waals surface area contributed by atoms with Gasteiger partial charge in [-0.3, -0.25) is 0 Å². The van der Waals surface area contributed by atoms with E-state index in [1.807, 2.05) is 0 Å². The summed E-state index contributed by atoms with van der Waals surface area (Å²) in [6, 6.07) is 11.7. The molecule has 0 saturated carbocycles. The lowest BCUT2D eigenvalue weighted by Gasteiger charge is -2.07. The van der Waals surface area contributed by atoms with Gasteiger partial charge in [-0.05, 0) is 42.5 Å². The Labute approximate surface area is 146 Å². The highest BCUT2D eigenvalue weighted by molar-refractivity contribution is 6.42. The van der Waals surface area contributed by atoms with Crippen molar-refractivity contribution in [3.63, 3.8) is 0 Å². The van der Waals surface area contributed by atoms with E-state index in [-0.39, 0.29) is 5.82 Å². The van der Waals surface area contributed by atoms with Gasteiger partial charge in [0.2, 0.25) is 0 Å². The Morgan fingerprint density at radius 3 is 2.30 bits per heavy atom. The van der Waals surface area contributed by atoms with Gasteiger partial charge >= 0.3 is 5.97 Å². The van der Waals surface area contributed by atoms with Gasteiger partial charge in [0.05, 0.1) is 15.7 Å². The standard InChI is InChI=1S/C15H8Cl3N3O2/c16-9-3-1-8(2-4-9)14-19-13(15(22)23)20-21(14)10-5-6-11(17)12(18)7-10/h1-7H,(H,22,23). The van der Waals surface area contributed by atoms with Crippen LogP contribution < -0.4 is 0 Å². The molecule has 3 rings (SSSR count). The second-order valence-electron chi connectivity index (χ2n) is 4.58. The van der Waals surface area contributed by atoms with Crippen molar-refractivity contribution in [2.24, 2.45) is 0 Å². The molecule has 0 amide bonds. The molecular formula is C15H8Cl3N3O2. The van der Waals surface area contributed by atoms with Crippen molar-refractivity contribution in [1.82, 2.24) is 14.8 Å². The molecule has 1 N–H and O–H groups in total. The second-order valence-corrected chi connectivity index (χ2v) is 5.83. The van der Waals surface area contributed by atoms with Crippen LogP contribution in [0.25, 0.3) is 17.1 Å². The minimum absolute atomic E-state index is 0.318. The van der Waals surface area contributed by atoms with Crippen LogP contribution in [-0.4, -0.2) is 25.8 Å². The van der Waals surface area contributed by atoms with Gasteiger partial charge in [-0.15, -0.1) is 5.10 Å². The fourth-order valence-electron chi connectivity index (χ4n) is 1.99. The lowest BCUT2D eigenvalue weighted by atomic mass is 10.2. The minimum atomic E-state index is -1.22. The number of halogens is 3. The van der Waals surface area contributed by atoms with Crippen LogP contribution in [0, 0.1) is 0 Å². The molecule has 2 aromatic carbocycles. The predicted molar refractivity (Wildman–Crippen MR) is 88.8 cm³/mol. The Kier molecular flexibility index (Phi) is 4.26. The van der Waals surface area contributed by atoms with E-state index in [2.05, 4.69) is 10.1 Å². The molecule has 0 aliphatic rings. The number of hydrogen-bond acceptors (Lipinski definition) is 3. The molecule has 1 aromatic heterocycles. The molecule has 0 unspecified atom stereocenters. The van der Waals surface area contributed by atoms with Crippen LogP contribution in [0.15, 0.2) is 42.5 Å². The molecule has 5 nitrogen and oxygen atoms in total. The van der Waals surface area contributed by atoms with Crippen molar-refractivity contribution in [3.8, 4) is 17.1 Å². The van der Waals surface area contributed by atoms with Gasteiger partial charge in [-0.25, -0.2) is 14.5 Å². The van der Waals surface area contributed by atoms with Gasteiger partial charge < -0.3 is 5.11 Å². The van der Waals surface area contributed by atoms with Gasteiger partial charge in [0, 0.05) is 10.6 Å². The molecule has 0 saturated heterocycles. The summed E-state index contributed by atoms with van der Waals surface area (Å²) in [5.74, 6) is -1.18. The van der Waals surface area contributed by atoms with E-state index >= 15 is 0 Å². The van der Waals surface area contributed by atoms with E-state index in [1.54, 1.807) is 42.5 Å². The van der Waals surface area contributed by atoms with Crippen LogP contribution in [0.3, 0.4) is 0 Å². The minimum Gasteiger partial charge on any atom is -0.475 e. The summed E-state index contributed by atoms with van der Waals surface area (Å²) in [7, 11) is 0. The number of carbonyl (C=O) groups is 1. The van der Waals surface area contributed by atoms with E-state index in [0.717, 1.165) is 0 Å². The second kappa shape index (κ2) is 6.20. The van der Waals surface area contributed by atoms with Crippen LogP contribution in [0.1, 0.15) is 10.6 Å². The zero-order valence-electron chi connectivity index (χ0n) is 11.4. The molecular weight excluding hydrogens is 361 g/mol. The number of aromatic nitrogens is 3. The zero-order valence-corrected chi connectivity index (χ0v) is 13.6. The van der Waals surface area contributed by atoms with Gasteiger partial charge in [0.15, 0.2) is 5.82 Å². The van der Waals surface area contributed by atoms with Crippen LogP contribution >= 0.6 is 34.8 Å². The maximum absolute atomic E-state index is 11.2. The maximum Gasteiger partial charge on any atom is 0.375 e. The number of benzene rings is 2. The summed E-state index contributed by atoms with van der Waals surface area (Å²) in [5.41, 5.74) is 1.21. The first kappa shape index (κ1) is 15.8. The fraction of sp³-hybridized carbons (Fsp3) is 0. The molecule has 0 aliphatic carbocycles. The summed E-state index contributed by atoms with van der Waals surface area (Å²) in [6.07, 6.45) is 0. The van der Waals surface area contributed by atoms with Crippen LogP contribution in [0.2, 0.25) is 15.1 Å². The molecule has 0 radical (unpaired) electrons. The van der Waals surface area contributed by atoms with Crippen molar-refractivity contribution in [1.29, 1.82) is 0 Å². The van der Waals surface area contributed by atoms with E-state index < -0.39 is 5.97 Å². The molecule has 116 valence electrons. The van der Waals surface area contributed by atoms with Crippen LogP contribution in [0.4, 0.5) is 0 Å². The van der Waals surface area contributed by atoms with Gasteiger partial charge in [0.1, 0.15) is 0 Å². The van der Waals surface area contributed by atoms with Gasteiger partial charge in [0.25, 0.3) is 5.82 Å². The third-order valence-corrected chi connectivity index (χ3v) is 4.04. The third kappa shape index (κ3) is 3.17. The molecule has 3 aromatic rings. The predicted octanol–water partition coefficient (Wildman–Crippen LogP) is 4.59. The number of rotatable bonds is 3. The van der Waals surface area contributed by atoms with E-state index in [1.165, 1.54) is 4.68 Å². The number of aromatic carboxylic acids is 1. The van der Waals surface area contributed by atoms with Gasteiger partial charge in [-0.2, -0.15) is 0 Å². The first-order valence-electron chi connectivity index (χ1n) is 6.37. The quantitative estimate of drug-likeness (QED) is 0.734. The van der Waals surface area contributed by atoms with Crippen molar-refractivity contribution in [3.05, 3.63) is 63.4 Å². The Morgan fingerprint density at radius 1 is 1.00 bits per heavy atom. The molecule has 0 atom stereocenters. The molecule has 0 aliphatic heterocycles. The summed E-state index contributed by atoms with van der Waals surface area (Å²) in [4.78, 5) is 15.3. The number of carboxylic acid groups (broad SMARTS) is 1. The van der Waals surface area contributed by atoms with Crippen molar-refractivity contribution in [2.75, 3.05) is 0 Å².